The SMILES string of the molecule is C=CC(=O)Nc1cccc(Nc2nc(Nc3ccc(N4CCN(C(=O)CO)CC4)cc3O)ncc2C)c1. The number of aliphatic hydroxyl groups is 1. The number of aromatic hydroxyl groups is 1. The van der Waals surface area contributed by atoms with Gasteiger partial charge in [-0.3, -0.25) is 9.59 Å². The molecule has 0 bridgehead atoms. The Bertz CT molecular complexity index is 1310. The summed E-state index contributed by atoms with van der Waals surface area (Å²) in [6.45, 7) is 7.07. The molecule has 1 aromatic heterocycles. The first-order valence-corrected chi connectivity index (χ1v) is 11.7. The van der Waals surface area contributed by atoms with Crippen molar-refractivity contribution < 1.29 is 19.8 Å². The molecule has 1 aliphatic heterocycles. The standard InChI is InChI=1S/C26H29N7O4/c1-3-23(36)28-18-5-4-6-19(13-18)29-25-17(2)15-27-26(31-25)30-21-8-7-20(14-22(21)35)32-9-11-33(12-10-32)24(37)16-34/h3-8,13-15,34-35H,1,9-12,16H2,2H3,(H,28,36)(H2,27,29,30,31). The lowest BCUT2D eigenvalue weighted by Gasteiger charge is -2.36. The van der Waals surface area contributed by atoms with Gasteiger partial charge in [-0.15, -0.1) is 0 Å². The van der Waals surface area contributed by atoms with Gasteiger partial charge in [0.05, 0.1) is 5.69 Å². The van der Waals surface area contributed by atoms with E-state index < -0.39 is 6.61 Å². The second kappa shape index (κ2) is 11.4. The maximum absolute atomic E-state index is 11.7. The van der Waals surface area contributed by atoms with Crippen LogP contribution in [0, 0.1) is 6.92 Å². The molecule has 11 nitrogen and oxygen atoms in total. The zero-order valence-electron chi connectivity index (χ0n) is 20.4. The Labute approximate surface area is 214 Å². The molecule has 2 amide bonds. The maximum Gasteiger partial charge on any atom is 0.248 e. The highest BCUT2D eigenvalue weighted by molar-refractivity contribution is 5.99. The molecule has 5 N–H and O–H groups in total. The van der Waals surface area contributed by atoms with Crippen LogP contribution in [0.4, 0.5) is 34.5 Å². The minimum absolute atomic E-state index is 0.0377. The van der Waals surface area contributed by atoms with Gasteiger partial charge in [0.2, 0.25) is 17.8 Å². The molecular weight excluding hydrogens is 474 g/mol. The summed E-state index contributed by atoms with van der Waals surface area (Å²) in [5.41, 5.74) is 3.43. The van der Waals surface area contributed by atoms with E-state index in [2.05, 4.69) is 37.4 Å². The largest absolute Gasteiger partial charge is 0.506 e. The molecule has 192 valence electrons. The van der Waals surface area contributed by atoms with Crippen LogP contribution in [0.5, 0.6) is 5.75 Å². The first-order chi connectivity index (χ1) is 17.9. The Morgan fingerprint density at radius 1 is 1.08 bits per heavy atom. The third kappa shape index (κ3) is 6.33. The number of phenolic OH excluding ortho intramolecular Hbond substituents is 1. The molecule has 1 fully saturated rings. The number of benzene rings is 2. The zero-order chi connectivity index (χ0) is 26.4. The molecule has 0 saturated carbocycles. The molecular formula is C26H29N7O4. The van der Waals surface area contributed by atoms with E-state index in [1.807, 2.05) is 19.1 Å². The zero-order valence-corrected chi connectivity index (χ0v) is 20.4. The number of aryl methyl sites for hydroxylation is 1. The number of piperazine rings is 1. The lowest BCUT2D eigenvalue weighted by atomic mass is 10.2. The average Bonchev–Trinajstić information content (AvgIpc) is 2.91. The fourth-order valence-electron chi connectivity index (χ4n) is 3.89. The number of hydrogen-bond donors (Lipinski definition) is 5. The number of aromatic nitrogens is 2. The molecule has 0 radical (unpaired) electrons. The van der Waals surface area contributed by atoms with Gasteiger partial charge in [0.15, 0.2) is 0 Å². The van der Waals surface area contributed by atoms with Gasteiger partial charge in [0.25, 0.3) is 0 Å². The van der Waals surface area contributed by atoms with Crippen LogP contribution in [0.25, 0.3) is 0 Å². The van der Waals surface area contributed by atoms with Crippen molar-refractivity contribution in [2.24, 2.45) is 0 Å². The summed E-state index contributed by atoms with van der Waals surface area (Å²) in [6, 6.07) is 12.5. The Morgan fingerprint density at radius 2 is 1.84 bits per heavy atom. The summed E-state index contributed by atoms with van der Waals surface area (Å²) < 4.78 is 0. The fraction of sp³-hybridized carbons (Fsp3) is 0.231. The van der Waals surface area contributed by atoms with E-state index in [1.165, 1.54) is 6.08 Å². The molecule has 0 atom stereocenters. The second-order valence-electron chi connectivity index (χ2n) is 8.48. The van der Waals surface area contributed by atoms with Gasteiger partial charge in [0, 0.05) is 61.1 Å². The average molecular weight is 504 g/mol. The number of nitrogens with one attached hydrogen (secondary N) is 3. The van der Waals surface area contributed by atoms with Crippen molar-refractivity contribution in [2.75, 3.05) is 53.6 Å². The molecule has 1 aliphatic rings. The monoisotopic (exact) mass is 503 g/mol. The number of amides is 2. The molecule has 37 heavy (non-hydrogen) atoms. The van der Waals surface area contributed by atoms with Crippen LogP contribution in [0.1, 0.15) is 5.56 Å². The number of carbonyl (C=O) groups is 2. The molecule has 0 unspecified atom stereocenters. The van der Waals surface area contributed by atoms with Crippen LogP contribution in [0.2, 0.25) is 0 Å². The van der Waals surface area contributed by atoms with Gasteiger partial charge in [-0.25, -0.2) is 4.98 Å². The summed E-state index contributed by atoms with van der Waals surface area (Å²) in [5.74, 6) is 0.322. The van der Waals surface area contributed by atoms with Crippen LogP contribution < -0.4 is 20.9 Å². The number of anilines is 6. The third-order valence-corrected chi connectivity index (χ3v) is 5.91. The Hall–Kier alpha value is -4.64. The van der Waals surface area contributed by atoms with Gasteiger partial charge in [-0.2, -0.15) is 4.98 Å². The van der Waals surface area contributed by atoms with Crippen molar-refractivity contribution >= 4 is 46.3 Å². The van der Waals surface area contributed by atoms with Crippen molar-refractivity contribution in [1.29, 1.82) is 0 Å². The molecule has 4 rings (SSSR count). The van der Waals surface area contributed by atoms with E-state index >= 15 is 0 Å². The predicted octanol–water partition coefficient (Wildman–Crippen LogP) is 2.74. The first-order valence-electron chi connectivity index (χ1n) is 11.7. The van der Waals surface area contributed by atoms with Crippen molar-refractivity contribution in [3.8, 4) is 5.75 Å². The summed E-state index contributed by atoms with van der Waals surface area (Å²) in [7, 11) is 0. The minimum atomic E-state index is -0.486. The van der Waals surface area contributed by atoms with Gasteiger partial charge in [0.1, 0.15) is 18.2 Å². The topological polar surface area (TPSA) is 143 Å². The van der Waals surface area contributed by atoms with Gasteiger partial charge >= 0.3 is 0 Å². The number of aliphatic hydroxyl groups excluding tert-OH is 1. The van der Waals surface area contributed by atoms with Gasteiger partial charge < -0.3 is 36.0 Å². The molecule has 11 heteroatoms. The summed E-state index contributed by atoms with van der Waals surface area (Å²) in [4.78, 5) is 35.8. The van der Waals surface area contributed by atoms with E-state index in [4.69, 9.17) is 5.11 Å². The Morgan fingerprint density at radius 3 is 2.54 bits per heavy atom. The molecule has 3 aromatic rings. The second-order valence-corrected chi connectivity index (χ2v) is 8.48. The summed E-state index contributed by atoms with van der Waals surface area (Å²) >= 11 is 0. The van der Waals surface area contributed by atoms with Crippen molar-refractivity contribution in [2.45, 2.75) is 6.92 Å². The van der Waals surface area contributed by atoms with Crippen LogP contribution in [0.15, 0.2) is 61.3 Å². The van der Waals surface area contributed by atoms with E-state index in [9.17, 15) is 14.7 Å². The number of nitrogens with zero attached hydrogens (tertiary/aromatic N) is 4. The fourth-order valence-corrected chi connectivity index (χ4v) is 3.89. The van der Waals surface area contributed by atoms with Gasteiger partial charge in [-0.1, -0.05) is 12.6 Å². The van der Waals surface area contributed by atoms with Crippen molar-refractivity contribution in [3.05, 3.63) is 66.9 Å². The molecule has 2 heterocycles. The van der Waals surface area contributed by atoms with Crippen LogP contribution in [-0.2, 0) is 9.59 Å². The van der Waals surface area contributed by atoms with E-state index in [1.54, 1.807) is 41.4 Å². The van der Waals surface area contributed by atoms with Crippen molar-refractivity contribution in [3.63, 3.8) is 0 Å². The van der Waals surface area contributed by atoms with E-state index in [-0.39, 0.29) is 17.6 Å². The Kier molecular flexibility index (Phi) is 7.84. The minimum Gasteiger partial charge on any atom is -0.506 e. The summed E-state index contributed by atoms with van der Waals surface area (Å²) in [6.07, 6.45) is 2.87. The van der Waals surface area contributed by atoms with Crippen LogP contribution in [-0.4, -0.2) is 69.7 Å². The number of rotatable bonds is 8. The quantitative estimate of drug-likeness (QED) is 0.232. The Balaban J connectivity index is 1.44. The highest BCUT2D eigenvalue weighted by atomic mass is 16.3. The predicted molar refractivity (Wildman–Crippen MR) is 143 cm³/mol. The lowest BCUT2D eigenvalue weighted by molar-refractivity contribution is -0.134. The van der Waals surface area contributed by atoms with Crippen LogP contribution in [0.3, 0.4) is 0 Å². The third-order valence-electron chi connectivity index (χ3n) is 5.91. The molecule has 0 aliphatic carbocycles. The first kappa shape index (κ1) is 25.5. The highest BCUT2D eigenvalue weighted by Crippen LogP contribution is 2.31. The number of hydrogen-bond acceptors (Lipinski definition) is 9. The normalized spacial score (nSPS) is 13.1. The maximum atomic E-state index is 11.7. The molecule has 2 aromatic carbocycles. The summed E-state index contributed by atoms with van der Waals surface area (Å²) in [5, 5.41) is 28.7. The van der Waals surface area contributed by atoms with Crippen molar-refractivity contribution in [1.82, 2.24) is 14.9 Å². The number of carbonyl (C=O) groups excluding carboxylic acids is 2. The van der Waals surface area contributed by atoms with E-state index in [0.29, 0.717) is 49.3 Å². The smallest absolute Gasteiger partial charge is 0.248 e. The van der Waals surface area contributed by atoms with E-state index in [0.717, 1.165) is 16.9 Å². The molecule has 1 saturated heterocycles. The number of phenols is 1. The highest BCUT2D eigenvalue weighted by Gasteiger charge is 2.21. The van der Waals surface area contributed by atoms with Crippen LogP contribution >= 0.6 is 0 Å². The molecule has 0 spiro atoms. The van der Waals surface area contributed by atoms with Gasteiger partial charge in [-0.05, 0) is 43.3 Å². The lowest BCUT2D eigenvalue weighted by Crippen LogP contribution is -2.49.